The maximum atomic E-state index is 12.4. The highest BCUT2D eigenvalue weighted by Gasteiger charge is 2.29. The smallest absolute Gasteiger partial charge is 0.355 e. The number of carbonyl (C=O) groups excluding carboxylic acids is 3. The Bertz CT molecular complexity index is 726. The van der Waals surface area contributed by atoms with Crippen LogP contribution in [-0.4, -0.2) is 35.6 Å². The van der Waals surface area contributed by atoms with Gasteiger partial charge in [0.15, 0.2) is 6.10 Å². The summed E-state index contributed by atoms with van der Waals surface area (Å²) < 4.78 is 5.29. The Morgan fingerprint density at radius 1 is 1.15 bits per heavy atom. The lowest BCUT2D eigenvalue weighted by atomic mass is 9.95. The third kappa shape index (κ3) is 4.93. The number of hydrogen-bond acceptors (Lipinski definition) is 5. The number of nitrogens with zero attached hydrogens (tertiary/aromatic N) is 2. The predicted octanol–water partition coefficient (Wildman–Crippen LogP) is 2.55. The quantitative estimate of drug-likeness (QED) is 0.806. The Balaban J connectivity index is 1.60. The topological polar surface area (TPSA) is 88.1 Å². The van der Waals surface area contributed by atoms with Gasteiger partial charge in [0.2, 0.25) is 5.91 Å². The summed E-state index contributed by atoms with van der Waals surface area (Å²) in [5.74, 6) is -1.13. The second-order valence-corrected chi connectivity index (χ2v) is 6.98. The molecule has 1 fully saturated rings. The third-order valence-corrected chi connectivity index (χ3v) is 4.87. The third-order valence-electron chi connectivity index (χ3n) is 4.87. The van der Waals surface area contributed by atoms with Crippen LogP contribution >= 0.6 is 0 Å². The van der Waals surface area contributed by atoms with Crippen molar-refractivity contribution in [1.29, 1.82) is 0 Å². The maximum Gasteiger partial charge on any atom is 0.355 e. The van der Waals surface area contributed by atoms with Crippen molar-refractivity contribution in [1.82, 2.24) is 5.32 Å². The summed E-state index contributed by atoms with van der Waals surface area (Å²) in [5, 5.41) is 8.32. The molecule has 7 nitrogen and oxygen atoms in total. The normalized spacial score (nSPS) is 19.2. The number of hydrazone groups is 1. The standard InChI is InChI=1S/C20H25N3O4/c1-14(19(25)21-15-8-4-2-5-9-15)27-20(26)17-12-13-18(24)23(22-17)16-10-6-3-7-11-16/h3,6-7,10-11,14-15H,2,4-5,8-9,12-13H2,1H3,(H,21,25). The van der Waals surface area contributed by atoms with Crippen molar-refractivity contribution < 1.29 is 19.1 Å². The fourth-order valence-electron chi connectivity index (χ4n) is 3.32. The molecule has 0 aromatic heterocycles. The molecule has 3 rings (SSSR count). The van der Waals surface area contributed by atoms with Crippen LogP contribution in [0.5, 0.6) is 0 Å². The van der Waals surface area contributed by atoms with Crippen LogP contribution in [0.25, 0.3) is 0 Å². The molecule has 0 radical (unpaired) electrons. The highest BCUT2D eigenvalue weighted by atomic mass is 16.5. The zero-order chi connectivity index (χ0) is 19.2. The summed E-state index contributed by atoms with van der Waals surface area (Å²) in [6.45, 7) is 1.56. The molecule has 2 amide bonds. The second kappa shape index (κ2) is 8.79. The first-order chi connectivity index (χ1) is 13.0. The van der Waals surface area contributed by atoms with Gasteiger partial charge in [-0.1, -0.05) is 37.5 Å². The molecule has 7 heteroatoms. The van der Waals surface area contributed by atoms with Crippen molar-refractivity contribution in [2.75, 3.05) is 5.01 Å². The van der Waals surface area contributed by atoms with Gasteiger partial charge in [0.05, 0.1) is 5.69 Å². The number of anilines is 1. The van der Waals surface area contributed by atoms with Crippen LogP contribution in [-0.2, 0) is 19.1 Å². The number of carbonyl (C=O) groups is 3. The largest absolute Gasteiger partial charge is 0.448 e. The Morgan fingerprint density at radius 2 is 1.85 bits per heavy atom. The van der Waals surface area contributed by atoms with Crippen molar-refractivity contribution in [2.45, 2.75) is 64.0 Å². The molecule has 1 aromatic carbocycles. The van der Waals surface area contributed by atoms with Gasteiger partial charge >= 0.3 is 5.97 Å². The lowest BCUT2D eigenvalue weighted by molar-refractivity contribution is -0.149. The van der Waals surface area contributed by atoms with E-state index in [2.05, 4.69) is 10.4 Å². The molecule has 1 N–H and O–H groups in total. The lowest BCUT2D eigenvalue weighted by Crippen LogP contribution is -2.44. The summed E-state index contributed by atoms with van der Waals surface area (Å²) in [4.78, 5) is 36.8. The van der Waals surface area contributed by atoms with Crippen molar-refractivity contribution in [3.05, 3.63) is 30.3 Å². The lowest BCUT2D eigenvalue weighted by Gasteiger charge is -2.25. The van der Waals surface area contributed by atoms with Crippen molar-refractivity contribution in [2.24, 2.45) is 5.10 Å². The average Bonchev–Trinajstić information content (AvgIpc) is 2.69. The minimum Gasteiger partial charge on any atom is -0.448 e. The van der Waals surface area contributed by atoms with Crippen LogP contribution in [0, 0.1) is 0 Å². The molecule has 0 saturated heterocycles. The van der Waals surface area contributed by atoms with Gasteiger partial charge in [0.1, 0.15) is 5.71 Å². The van der Waals surface area contributed by atoms with E-state index >= 15 is 0 Å². The molecule has 2 aliphatic rings. The summed E-state index contributed by atoms with van der Waals surface area (Å²) in [6.07, 6.45) is 4.83. The molecular weight excluding hydrogens is 346 g/mol. The number of amides is 2. The highest BCUT2D eigenvalue weighted by molar-refractivity contribution is 6.38. The fraction of sp³-hybridized carbons (Fsp3) is 0.500. The SMILES string of the molecule is CC(OC(=O)C1=NN(c2ccccc2)C(=O)CC1)C(=O)NC1CCCCC1. The highest BCUT2D eigenvalue weighted by Crippen LogP contribution is 2.20. The zero-order valence-corrected chi connectivity index (χ0v) is 15.5. The van der Waals surface area contributed by atoms with Crippen LogP contribution in [0.1, 0.15) is 51.9 Å². The van der Waals surface area contributed by atoms with Crippen molar-refractivity contribution in [3.8, 4) is 0 Å². The summed E-state index contributed by atoms with van der Waals surface area (Å²) in [7, 11) is 0. The van der Waals surface area contributed by atoms with Crippen molar-refractivity contribution >= 4 is 29.2 Å². The van der Waals surface area contributed by atoms with Gasteiger partial charge in [-0.3, -0.25) is 9.59 Å². The number of benzene rings is 1. The minimum atomic E-state index is -0.898. The van der Waals surface area contributed by atoms with Crippen LogP contribution in [0.4, 0.5) is 5.69 Å². The molecule has 27 heavy (non-hydrogen) atoms. The molecule has 1 heterocycles. The minimum absolute atomic E-state index is 0.149. The number of para-hydroxylation sites is 1. The number of ether oxygens (including phenoxy) is 1. The first kappa shape index (κ1) is 19.1. The molecule has 1 aliphatic heterocycles. The van der Waals surface area contributed by atoms with E-state index in [1.807, 2.05) is 6.07 Å². The summed E-state index contributed by atoms with van der Waals surface area (Å²) in [5.41, 5.74) is 0.742. The van der Waals surface area contributed by atoms with Crippen molar-refractivity contribution in [3.63, 3.8) is 0 Å². The van der Waals surface area contributed by atoms with E-state index in [0.29, 0.717) is 5.69 Å². The molecule has 1 saturated carbocycles. The van der Waals surface area contributed by atoms with Gasteiger partial charge < -0.3 is 10.1 Å². The molecule has 144 valence electrons. The maximum absolute atomic E-state index is 12.4. The Morgan fingerprint density at radius 3 is 2.56 bits per heavy atom. The molecular formula is C20H25N3O4. The van der Waals surface area contributed by atoms with Gasteiger partial charge in [0, 0.05) is 18.9 Å². The number of nitrogens with one attached hydrogen (secondary N) is 1. The number of hydrogen-bond donors (Lipinski definition) is 1. The second-order valence-electron chi connectivity index (χ2n) is 6.98. The predicted molar refractivity (Wildman–Crippen MR) is 101 cm³/mol. The van der Waals surface area contributed by atoms with E-state index in [4.69, 9.17) is 4.74 Å². The summed E-state index contributed by atoms with van der Waals surface area (Å²) >= 11 is 0. The van der Waals surface area contributed by atoms with Crippen LogP contribution in [0.3, 0.4) is 0 Å². The Kier molecular flexibility index (Phi) is 6.21. The van der Waals surface area contributed by atoms with Gasteiger partial charge in [-0.15, -0.1) is 0 Å². The molecule has 1 aromatic rings. The first-order valence-electron chi connectivity index (χ1n) is 9.51. The van der Waals surface area contributed by atoms with E-state index in [1.54, 1.807) is 31.2 Å². The Hall–Kier alpha value is -2.70. The average molecular weight is 371 g/mol. The molecule has 1 aliphatic carbocycles. The van der Waals surface area contributed by atoms with Crippen LogP contribution in [0.2, 0.25) is 0 Å². The Labute approximate surface area is 158 Å². The molecule has 0 spiro atoms. The van der Waals surface area contributed by atoms with E-state index in [0.717, 1.165) is 25.7 Å². The van der Waals surface area contributed by atoms with Gasteiger partial charge in [-0.25, -0.2) is 9.80 Å². The van der Waals surface area contributed by atoms with E-state index in [-0.39, 0.29) is 36.4 Å². The monoisotopic (exact) mass is 371 g/mol. The molecule has 0 bridgehead atoms. The van der Waals surface area contributed by atoms with Crippen LogP contribution in [0.15, 0.2) is 35.4 Å². The molecule has 1 unspecified atom stereocenters. The van der Waals surface area contributed by atoms with E-state index in [9.17, 15) is 14.4 Å². The van der Waals surface area contributed by atoms with Gasteiger partial charge in [-0.05, 0) is 31.9 Å². The molecule has 1 atom stereocenters. The van der Waals surface area contributed by atoms with E-state index in [1.165, 1.54) is 11.4 Å². The number of rotatable bonds is 5. The van der Waals surface area contributed by atoms with Gasteiger partial charge in [-0.2, -0.15) is 5.10 Å². The fourth-order valence-corrected chi connectivity index (χ4v) is 3.32. The summed E-state index contributed by atoms with van der Waals surface area (Å²) in [6, 6.07) is 9.07. The first-order valence-corrected chi connectivity index (χ1v) is 9.51. The number of esters is 1. The van der Waals surface area contributed by atoms with Gasteiger partial charge in [0.25, 0.3) is 5.91 Å². The zero-order valence-electron chi connectivity index (χ0n) is 15.5. The van der Waals surface area contributed by atoms with E-state index < -0.39 is 12.1 Å². The van der Waals surface area contributed by atoms with Crippen LogP contribution < -0.4 is 10.3 Å².